The van der Waals surface area contributed by atoms with Crippen molar-refractivity contribution in [1.82, 2.24) is 19.9 Å². The molecule has 6 rings (SSSR count). The van der Waals surface area contributed by atoms with Crippen LogP contribution in [0.5, 0.6) is 0 Å². The molecule has 54 heavy (non-hydrogen) atoms. The number of rotatable bonds is 10. The van der Waals surface area contributed by atoms with Gasteiger partial charge in [-0.25, -0.2) is 19.9 Å². The second kappa shape index (κ2) is 15.8. The number of alkyl halides is 6. The van der Waals surface area contributed by atoms with Crippen LogP contribution in [0.1, 0.15) is 63.4 Å². The monoisotopic (exact) mass is 770 g/mol. The first-order valence-corrected chi connectivity index (χ1v) is 17.0. The summed E-state index contributed by atoms with van der Waals surface area (Å²) in [5.74, 6) is -2.30. The van der Waals surface area contributed by atoms with Gasteiger partial charge in [-0.2, -0.15) is 26.3 Å². The van der Waals surface area contributed by atoms with Crippen LogP contribution in [0.25, 0.3) is 0 Å². The Labute approximate surface area is 303 Å². The van der Waals surface area contributed by atoms with Crippen molar-refractivity contribution in [2.24, 2.45) is 5.92 Å². The number of benzene rings is 1. The van der Waals surface area contributed by atoms with Gasteiger partial charge in [0.05, 0.1) is 25.3 Å². The predicted octanol–water partition coefficient (Wildman–Crippen LogP) is 2.60. The number of aromatic nitrogens is 4. The lowest BCUT2D eigenvalue weighted by atomic mass is 9.85. The largest absolute Gasteiger partial charge is 0.433 e. The molecule has 1 saturated carbocycles. The first kappa shape index (κ1) is 39.4. The molecular weight excluding hydrogens is 734 g/mol. The quantitative estimate of drug-likeness (QED) is 0.129. The van der Waals surface area contributed by atoms with Gasteiger partial charge >= 0.3 is 12.4 Å². The van der Waals surface area contributed by atoms with Gasteiger partial charge in [-0.05, 0) is 36.1 Å². The number of Topliss-reactive ketones (excluding diaryl/α,β-unsaturated/α-hetero) is 2. The normalized spacial score (nSPS) is 28.1. The number of nitrogens with one attached hydrogen (secondary N) is 2. The zero-order valence-corrected chi connectivity index (χ0v) is 28.2. The van der Waals surface area contributed by atoms with E-state index in [1.807, 2.05) is 0 Å². The summed E-state index contributed by atoms with van der Waals surface area (Å²) in [4.78, 5) is 41.7. The second-order valence-corrected chi connectivity index (χ2v) is 13.5. The van der Waals surface area contributed by atoms with Crippen molar-refractivity contribution < 1.29 is 65.8 Å². The maximum Gasteiger partial charge on any atom is 0.433 e. The highest BCUT2D eigenvalue weighted by molar-refractivity contribution is 6.04. The minimum atomic E-state index is -4.76. The van der Waals surface area contributed by atoms with E-state index in [0.717, 1.165) is 38.1 Å². The van der Waals surface area contributed by atoms with Crippen LogP contribution in [0, 0.1) is 5.92 Å². The van der Waals surface area contributed by atoms with E-state index < -0.39 is 109 Å². The van der Waals surface area contributed by atoms with Gasteiger partial charge in [0.15, 0.2) is 11.6 Å². The Bertz CT molecular complexity index is 1830. The zero-order valence-electron chi connectivity index (χ0n) is 28.2. The molecule has 2 saturated heterocycles. The van der Waals surface area contributed by atoms with Crippen molar-refractivity contribution in [2.75, 3.05) is 23.8 Å². The van der Waals surface area contributed by atoms with Gasteiger partial charge in [0.1, 0.15) is 48.0 Å². The lowest BCUT2D eigenvalue weighted by Gasteiger charge is -2.37. The summed E-state index contributed by atoms with van der Waals surface area (Å²) in [6, 6.07) is 3.02. The first-order valence-electron chi connectivity index (χ1n) is 17.0. The van der Waals surface area contributed by atoms with Crippen LogP contribution in [0.2, 0.25) is 0 Å². The van der Waals surface area contributed by atoms with Crippen LogP contribution in [0.4, 0.5) is 38.2 Å². The number of halogens is 6. The minimum absolute atomic E-state index is 0.0129. The van der Waals surface area contributed by atoms with Crippen LogP contribution in [-0.2, 0) is 28.2 Å². The van der Waals surface area contributed by atoms with E-state index in [1.165, 1.54) is 18.2 Å². The summed E-state index contributed by atoms with van der Waals surface area (Å²) in [5, 5.41) is 48.5. The van der Waals surface area contributed by atoms with E-state index in [0.29, 0.717) is 24.1 Å². The number of ether oxygens (including phenoxy) is 2. The second-order valence-electron chi connectivity index (χ2n) is 13.5. The van der Waals surface area contributed by atoms with Gasteiger partial charge < -0.3 is 40.5 Å². The third-order valence-electron chi connectivity index (χ3n) is 9.73. The summed E-state index contributed by atoms with van der Waals surface area (Å²) in [5.41, 5.74) is -1.96. The zero-order chi connectivity index (χ0) is 38.9. The number of anilines is 2. The van der Waals surface area contributed by atoms with Crippen LogP contribution < -0.4 is 10.6 Å². The lowest BCUT2D eigenvalue weighted by Crippen LogP contribution is -2.58. The fourth-order valence-corrected chi connectivity index (χ4v) is 6.86. The molecule has 3 aromatic rings. The van der Waals surface area contributed by atoms with Gasteiger partial charge in [0.25, 0.3) is 0 Å². The van der Waals surface area contributed by atoms with E-state index in [2.05, 4.69) is 30.6 Å². The molecule has 4 heterocycles. The Hall–Kier alpha value is -4.34. The van der Waals surface area contributed by atoms with Gasteiger partial charge in [-0.1, -0.05) is 37.8 Å². The van der Waals surface area contributed by atoms with Crippen molar-refractivity contribution in [2.45, 2.75) is 93.2 Å². The summed E-state index contributed by atoms with van der Waals surface area (Å²) in [6.45, 7) is -0.841. The van der Waals surface area contributed by atoms with Gasteiger partial charge in [0.2, 0.25) is 11.9 Å². The van der Waals surface area contributed by atoms with Crippen LogP contribution >= 0.6 is 0 Å². The van der Waals surface area contributed by atoms with Crippen molar-refractivity contribution in [1.29, 1.82) is 0 Å². The summed E-state index contributed by atoms with van der Waals surface area (Å²) in [6.07, 6.45) is -14.1. The van der Waals surface area contributed by atoms with Gasteiger partial charge in [-0.3, -0.25) is 9.59 Å². The molecule has 0 spiro atoms. The Balaban J connectivity index is 1.16. The Morgan fingerprint density at radius 1 is 0.704 bits per heavy atom. The number of hydrogen-bond acceptors (Lipinski definition) is 14. The fraction of sp³-hybridized carbons (Fsp3) is 0.529. The SMILES string of the molecule is O=C(c1ccc(C(=O)C2OC[C@H](Nc3nccc(C(F)(F)F)n3)[C@@H](O)[C@H]2O)c(CC2CCCC2)c1)C1OC[C@H](Nc2nccc(C(F)(F)F)n2)[C@@H](O)[C@H]1O. The van der Waals surface area contributed by atoms with Crippen molar-refractivity contribution in [3.63, 3.8) is 0 Å². The Morgan fingerprint density at radius 2 is 1.19 bits per heavy atom. The highest BCUT2D eigenvalue weighted by Crippen LogP contribution is 2.33. The maximum absolute atomic E-state index is 13.9. The third-order valence-corrected chi connectivity index (χ3v) is 9.73. The third kappa shape index (κ3) is 8.63. The average molecular weight is 771 g/mol. The predicted molar refractivity (Wildman–Crippen MR) is 173 cm³/mol. The van der Waals surface area contributed by atoms with E-state index in [1.54, 1.807) is 0 Å². The van der Waals surface area contributed by atoms with E-state index in [9.17, 15) is 56.4 Å². The molecule has 3 fully saturated rings. The number of aliphatic hydroxyl groups excluding tert-OH is 4. The van der Waals surface area contributed by atoms with Crippen molar-refractivity contribution >= 4 is 23.5 Å². The smallest absolute Gasteiger partial charge is 0.388 e. The molecule has 0 amide bonds. The number of carbonyl (C=O) groups is 2. The van der Waals surface area contributed by atoms with E-state index >= 15 is 0 Å². The topological polar surface area (TPSA) is 209 Å². The maximum atomic E-state index is 13.9. The van der Waals surface area contributed by atoms with E-state index in [4.69, 9.17) is 9.47 Å². The molecule has 2 unspecified atom stereocenters. The number of carbonyl (C=O) groups excluding carboxylic acids is 2. The fourth-order valence-electron chi connectivity index (χ4n) is 6.86. The standard InChI is InChI=1S/C34H36F6N6O8/c35-33(36,37)21-7-9-41-31(45-21)43-19-13-53-29(27(51)25(19)49)23(47)16-5-6-18(17(12-16)11-15-3-1-2-4-15)24(48)30-28(52)26(50)20(14-54-30)44-32-42-10-8-22(46-32)34(38,39)40/h5-10,12,15,19-20,25-30,49-52H,1-4,11,13-14H2,(H,41,43,45)(H,42,44,46)/t19-,20-,25+,26+,27+,28+,29?,30?/m0/s1. The highest BCUT2D eigenvalue weighted by atomic mass is 19.4. The highest BCUT2D eigenvalue weighted by Gasteiger charge is 2.45. The molecule has 2 aromatic heterocycles. The molecule has 1 aliphatic carbocycles. The van der Waals surface area contributed by atoms with Crippen LogP contribution in [0.15, 0.2) is 42.7 Å². The number of hydrogen-bond donors (Lipinski definition) is 6. The van der Waals surface area contributed by atoms with Crippen LogP contribution in [-0.4, -0.2) is 114 Å². The average Bonchev–Trinajstić information content (AvgIpc) is 3.64. The van der Waals surface area contributed by atoms with Crippen LogP contribution in [0.3, 0.4) is 0 Å². The molecule has 1 aromatic carbocycles. The van der Waals surface area contributed by atoms with Crippen molar-refractivity contribution in [3.05, 3.63) is 70.8 Å². The Morgan fingerprint density at radius 3 is 1.67 bits per heavy atom. The molecule has 2 aliphatic heterocycles. The number of ketones is 2. The summed E-state index contributed by atoms with van der Waals surface area (Å²) >= 11 is 0. The molecule has 0 bridgehead atoms. The molecule has 0 radical (unpaired) electrons. The molecule has 3 aliphatic rings. The first-order chi connectivity index (χ1) is 25.5. The molecule has 6 N–H and O–H groups in total. The molecule has 20 heteroatoms. The summed E-state index contributed by atoms with van der Waals surface area (Å²) < 4.78 is 89.9. The number of nitrogens with zero attached hydrogens (tertiary/aromatic N) is 4. The molecule has 8 atom stereocenters. The minimum Gasteiger partial charge on any atom is -0.388 e. The van der Waals surface area contributed by atoms with Gasteiger partial charge in [0, 0.05) is 23.5 Å². The number of aliphatic hydroxyl groups is 4. The van der Waals surface area contributed by atoms with Gasteiger partial charge in [-0.15, -0.1) is 0 Å². The van der Waals surface area contributed by atoms with Crippen molar-refractivity contribution in [3.8, 4) is 0 Å². The molecule has 292 valence electrons. The summed E-state index contributed by atoms with van der Waals surface area (Å²) in [7, 11) is 0. The molecular formula is C34H36F6N6O8. The molecule has 14 nitrogen and oxygen atoms in total. The van der Waals surface area contributed by atoms with E-state index in [-0.39, 0.29) is 17.0 Å². The lowest BCUT2D eigenvalue weighted by molar-refractivity contribution is -0.142. The Kier molecular flexibility index (Phi) is 11.5.